The molecule has 3 aliphatic heterocycles. The summed E-state index contributed by atoms with van der Waals surface area (Å²) in [6.07, 6.45) is -1.78. The summed E-state index contributed by atoms with van der Waals surface area (Å²) in [5.74, 6) is -1.43. The van der Waals surface area contributed by atoms with Crippen LogP contribution in [0, 0.1) is 0 Å². The summed E-state index contributed by atoms with van der Waals surface area (Å²) in [5.41, 5.74) is 0. The molecule has 3 fully saturated rings. The Morgan fingerprint density at radius 1 is 0.833 bits per heavy atom. The minimum atomic E-state index is -0.761. The lowest BCUT2D eigenvalue weighted by atomic mass is 10.0. The third kappa shape index (κ3) is 1.97. The van der Waals surface area contributed by atoms with Crippen molar-refractivity contribution in [3.63, 3.8) is 0 Å². The molecule has 18 heavy (non-hydrogen) atoms. The number of rotatable bonds is 1. The molecule has 3 rings (SSSR count). The summed E-state index contributed by atoms with van der Waals surface area (Å²) in [5, 5.41) is 9.39. The molecule has 0 saturated carbocycles. The molecule has 3 aliphatic rings. The molecule has 6 heteroatoms. The topological polar surface area (TPSA) is 66.4 Å². The maximum atomic E-state index is 9.39. The minimum absolute atomic E-state index is 0.114. The lowest BCUT2D eigenvalue weighted by Gasteiger charge is -2.43. The molecule has 3 heterocycles. The fourth-order valence-electron chi connectivity index (χ4n) is 2.87. The Kier molecular flexibility index (Phi) is 2.75. The van der Waals surface area contributed by atoms with Crippen molar-refractivity contribution in [1.29, 1.82) is 0 Å². The van der Waals surface area contributed by atoms with Crippen LogP contribution in [-0.2, 0) is 23.7 Å². The lowest BCUT2D eigenvalue weighted by Crippen LogP contribution is -2.56. The van der Waals surface area contributed by atoms with Gasteiger partial charge in [0, 0.05) is 0 Å². The average molecular weight is 260 g/mol. The summed E-state index contributed by atoms with van der Waals surface area (Å²) >= 11 is 0. The molecular formula is C12H20O6. The Morgan fingerprint density at radius 2 is 1.44 bits per heavy atom. The molecule has 2 unspecified atom stereocenters. The van der Waals surface area contributed by atoms with Gasteiger partial charge in [-0.2, -0.15) is 0 Å². The van der Waals surface area contributed by atoms with Gasteiger partial charge in [0.1, 0.15) is 24.4 Å². The van der Waals surface area contributed by atoms with E-state index in [1.54, 1.807) is 0 Å². The molecule has 0 spiro atoms. The van der Waals surface area contributed by atoms with Crippen molar-refractivity contribution in [1.82, 2.24) is 0 Å². The van der Waals surface area contributed by atoms with Crippen LogP contribution < -0.4 is 0 Å². The second-order valence-corrected chi connectivity index (χ2v) is 5.89. The van der Waals surface area contributed by atoms with Gasteiger partial charge in [0.2, 0.25) is 0 Å². The number of hydrogen-bond acceptors (Lipinski definition) is 6. The standard InChI is InChI=1S/C12H20O6/c1-11(2)15-6(5-13)7-8(16-11)9-10(14-7)18-12(3,4)17-9/h6-10,13H,5H2,1-4H3/t6-,7+,8-,9?,10?/m0/s1. The Bertz CT molecular complexity index is 341. The summed E-state index contributed by atoms with van der Waals surface area (Å²) in [7, 11) is 0. The molecule has 0 aromatic heterocycles. The number of ether oxygens (including phenoxy) is 5. The van der Waals surface area contributed by atoms with Gasteiger partial charge in [-0.25, -0.2) is 0 Å². The van der Waals surface area contributed by atoms with E-state index in [9.17, 15) is 5.11 Å². The third-order valence-corrected chi connectivity index (χ3v) is 3.43. The SMILES string of the molecule is CC1(C)OC2O[C@@H]3[C@H](CO)OC(C)(C)O[C@@H]3C2O1. The van der Waals surface area contributed by atoms with E-state index in [1.807, 2.05) is 27.7 Å². The zero-order valence-corrected chi connectivity index (χ0v) is 11.1. The maximum absolute atomic E-state index is 9.39. The highest BCUT2D eigenvalue weighted by Crippen LogP contribution is 2.44. The second-order valence-electron chi connectivity index (χ2n) is 5.89. The Hall–Kier alpha value is -0.240. The molecular weight excluding hydrogens is 240 g/mol. The summed E-state index contributed by atoms with van der Waals surface area (Å²) in [6, 6.07) is 0. The molecule has 0 aromatic rings. The van der Waals surface area contributed by atoms with Gasteiger partial charge in [-0.15, -0.1) is 0 Å². The number of aliphatic hydroxyl groups excluding tert-OH is 1. The van der Waals surface area contributed by atoms with Crippen molar-refractivity contribution < 1.29 is 28.8 Å². The van der Waals surface area contributed by atoms with Gasteiger partial charge in [-0.3, -0.25) is 0 Å². The predicted octanol–water partition coefficient (Wildman–Crippen LogP) is 0.375. The smallest absolute Gasteiger partial charge is 0.190 e. The van der Waals surface area contributed by atoms with E-state index >= 15 is 0 Å². The number of fused-ring (bicyclic) bond motifs is 3. The van der Waals surface area contributed by atoms with Crippen molar-refractivity contribution >= 4 is 0 Å². The van der Waals surface area contributed by atoms with Crippen LogP contribution in [0.1, 0.15) is 27.7 Å². The van der Waals surface area contributed by atoms with Gasteiger partial charge < -0.3 is 28.8 Å². The van der Waals surface area contributed by atoms with Crippen molar-refractivity contribution in [3.8, 4) is 0 Å². The highest BCUT2D eigenvalue weighted by Gasteiger charge is 2.60. The Balaban J connectivity index is 1.83. The fraction of sp³-hybridized carbons (Fsp3) is 1.00. The minimum Gasteiger partial charge on any atom is -0.394 e. The van der Waals surface area contributed by atoms with Crippen LogP contribution in [0.2, 0.25) is 0 Å². The average Bonchev–Trinajstić information content (AvgIpc) is 2.69. The van der Waals surface area contributed by atoms with Crippen LogP contribution in [0.15, 0.2) is 0 Å². The quantitative estimate of drug-likeness (QED) is 0.735. The zero-order chi connectivity index (χ0) is 13.1. The molecule has 0 aliphatic carbocycles. The predicted molar refractivity (Wildman–Crippen MR) is 59.6 cm³/mol. The first-order valence-electron chi connectivity index (χ1n) is 6.29. The first-order chi connectivity index (χ1) is 8.31. The van der Waals surface area contributed by atoms with E-state index in [0.29, 0.717) is 0 Å². The lowest BCUT2D eigenvalue weighted by molar-refractivity contribution is -0.347. The van der Waals surface area contributed by atoms with Gasteiger partial charge >= 0.3 is 0 Å². The van der Waals surface area contributed by atoms with Gasteiger partial charge in [0.05, 0.1) is 6.61 Å². The van der Waals surface area contributed by atoms with Crippen molar-refractivity contribution in [3.05, 3.63) is 0 Å². The molecule has 3 saturated heterocycles. The highest BCUT2D eigenvalue weighted by atomic mass is 16.9. The summed E-state index contributed by atoms with van der Waals surface area (Å²) < 4.78 is 28.8. The number of aliphatic hydroxyl groups is 1. The van der Waals surface area contributed by atoms with Crippen molar-refractivity contribution in [2.24, 2.45) is 0 Å². The van der Waals surface area contributed by atoms with Crippen LogP contribution in [0.5, 0.6) is 0 Å². The maximum Gasteiger partial charge on any atom is 0.190 e. The van der Waals surface area contributed by atoms with Gasteiger partial charge in [-0.05, 0) is 27.7 Å². The zero-order valence-electron chi connectivity index (χ0n) is 11.1. The fourth-order valence-corrected chi connectivity index (χ4v) is 2.87. The largest absolute Gasteiger partial charge is 0.394 e. The van der Waals surface area contributed by atoms with Gasteiger partial charge in [0.15, 0.2) is 17.9 Å². The van der Waals surface area contributed by atoms with E-state index in [0.717, 1.165) is 0 Å². The molecule has 0 bridgehead atoms. The van der Waals surface area contributed by atoms with Gasteiger partial charge in [0.25, 0.3) is 0 Å². The Labute approximate surface area is 106 Å². The highest BCUT2D eigenvalue weighted by molar-refractivity contribution is 5.00. The number of hydrogen-bond donors (Lipinski definition) is 1. The Morgan fingerprint density at radius 3 is 2.11 bits per heavy atom. The van der Waals surface area contributed by atoms with Gasteiger partial charge in [-0.1, -0.05) is 0 Å². The van der Waals surface area contributed by atoms with E-state index in [-0.39, 0.29) is 24.9 Å². The van der Waals surface area contributed by atoms with E-state index in [2.05, 4.69) is 0 Å². The molecule has 1 N–H and O–H groups in total. The first kappa shape index (κ1) is 12.8. The second kappa shape index (κ2) is 3.88. The molecule has 0 radical (unpaired) electrons. The molecule has 0 amide bonds. The molecule has 0 aromatic carbocycles. The normalized spacial score (nSPS) is 48.8. The monoisotopic (exact) mass is 260 g/mol. The van der Waals surface area contributed by atoms with Crippen LogP contribution in [-0.4, -0.2) is 54.0 Å². The van der Waals surface area contributed by atoms with Crippen LogP contribution in [0.3, 0.4) is 0 Å². The van der Waals surface area contributed by atoms with Crippen LogP contribution >= 0.6 is 0 Å². The van der Waals surface area contributed by atoms with Crippen LogP contribution in [0.25, 0.3) is 0 Å². The van der Waals surface area contributed by atoms with Crippen molar-refractivity contribution in [2.45, 2.75) is 70.0 Å². The van der Waals surface area contributed by atoms with Crippen molar-refractivity contribution in [2.75, 3.05) is 6.61 Å². The first-order valence-corrected chi connectivity index (χ1v) is 6.29. The van der Waals surface area contributed by atoms with E-state index in [1.165, 1.54) is 0 Å². The van der Waals surface area contributed by atoms with E-state index in [4.69, 9.17) is 23.7 Å². The van der Waals surface area contributed by atoms with E-state index < -0.39 is 24.0 Å². The summed E-state index contributed by atoms with van der Waals surface area (Å²) in [6.45, 7) is 7.21. The summed E-state index contributed by atoms with van der Waals surface area (Å²) in [4.78, 5) is 0. The molecule has 5 atom stereocenters. The molecule has 6 nitrogen and oxygen atoms in total. The molecule has 104 valence electrons. The van der Waals surface area contributed by atoms with Crippen LogP contribution in [0.4, 0.5) is 0 Å². The third-order valence-electron chi connectivity index (χ3n) is 3.43.